The maximum absolute atomic E-state index is 13.5. The van der Waals surface area contributed by atoms with E-state index in [1.165, 1.54) is 23.1 Å². The number of thiazole rings is 1. The van der Waals surface area contributed by atoms with Gasteiger partial charge >= 0.3 is 0 Å². The fourth-order valence-electron chi connectivity index (χ4n) is 3.38. The molecule has 34 heavy (non-hydrogen) atoms. The number of nitrogens with zero attached hydrogens (tertiary/aromatic N) is 5. The van der Waals surface area contributed by atoms with Gasteiger partial charge in [0.25, 0.3) is 0 Å². The summed E-state index contributed by atoms with van der Waals surface area (Å²) in [7, 11) is 0. The molecule has 0 fully saturated rings. The number of aromatic nitrogens is 5. The molecule has 2 aromatic heterocycles. The molecular weight excluding hydrogens is 468 g/mol. The SMILES string of the molecule is CCOc1ccc2nc(NC(=O)[C@H](Sc3nnnn3-c3ccccc3)c3ccccc3)sc2c1. The van der Waals surface area contributed by atoms with Crippen LogP contribution < -0.4 is 10.1 Å². The minimum Gasteiger partial charge on any atom is -0.494 e. The number of benzene rings is 3. The molecule has 0 saturated heterocycles. The standard InChI is InChI=1S/C24H20N6O2S2/c1-2-32-18-13-14-19-20(15-18)33-23(25-19)26-22(31)21(16-9-5-3-6-10-16)34-24-27-28-29-30(24)17-11-7-4-8-12-17/h3-15,21H,2H2,1H3,(H,25,26,31)/t21-/m1/s1. The molecule has 2 heterocycles. The number of fused-ring (bicyclic) bond motifs is 1. The van der Waals surface area contributed by atoms with Gasteiger partial charge in [0.05, 0.1) is 22.5 Å². The van der Waals surface area contributed by atoms with E-state index in [-0.39, 0.29) is 5.91 Å². The van der Waals surface area contributed by atoms with Crippen molar-refractivity contribution >= 4 is 44.4 Å². The third-order valence-electron chi connectivity index (χ3n) is 4.91. The monoisotopic (exact) mass is 488 g/mol. The van der Waals surface area contributed by atoms with Crippen LogP contribution in [0.1, 0.15) is 17.7 Å². The molecule has 0 unspecified atom stereocenters. The minimum atomic E-state index is -0.583. The number of tetrazole rings is 1. The Morgan fingerprint density at radius 2 is 1.85 bits per heavy atom. The van der Waals surface area contributed by atoms with Gasteiger partial charge in [-0.3, -0.25) is 4.79 Å². The Hall–Kier alpha value is -3.76. The van der Waals surface area contributed by atoms with E-state index in [0.29, 0.717) is 16.9 Å². The van der Waals surface area contributed by atoms with E-state index in [0.717, 1.165) is 27.2 Å². The zero-order chi connectivity index (χ0) is 23.3. The van der Waals surface area contributed by atoms with E-state index in [1.54, 1.807) is 4.68 Å². The Labute approximate surface area is 204 Å². The van der Waals surface area contributed by atoms with Gasteiger partial charge in [-0.05, 0) is 53.2 Å². The van der Waals surface area contributed by atoms with Crippen LogP contribution in [0, 0.1) is 0 Å². The zero-order valence-corrected chi connectivity index (χ0v) is 19.8. The molecule has 5 aromatic rings. The highest BCUT2D eigenvalue weighted by molar-refractivity contribution is 8.00. The van der Waals surface area contributed by atoms with Crippen molar-refractivity contribution in [1.82, 2.24) is 25.2 Å². The maximum Gasteiger partial charge on any atom is 0.244 e. The quantitative estimate of drug-likeness (QED) is 0.302. The summed E-state index contributed by atoms with van der Waals surface area (Å²) in [4.78, 5) is 18.0. The molecule has 1 N–H and O–H groups in total. The van der Waals surface area contributed by atoms with Gasteiger partial charge < -0.3 is 10.1 Å². The first-order chi connectivity index (χ1) is 16.7. The van der Waals surface area contributed by atoms with Crippen molar-refractivity contribution in [3.8, 4) is 11.4 Å². The first kappa shape index (κ1) is 22.1. The molecular formula is C24H20N6O2S2. The molecule has 1 amide bonds. The lowest BCUT2D eigenvalue weighted by Crippen LogP contribution is -2.19. The van der Waals surface area contributed by atoms with Crippen LogP contribution in [0.5, 0.6) is 5.75 Å². The first-order valence-corrected chi connectivity index (χ1v) is 12.3. The molecule has 10 heteroatoms. The number of anilines is 1. The third-order valence-corrected chi connectivity index (χ3v) is 7.03. The van der Waals surface area contributed by atoms with Crippen molar-refractivity contribution in [3.63, 3.8) is 0 Å². The van der Waals surface area contributed by atoms with Crippen LogP contribution in [0.3, 0.4) is 0 Å². The van der Waals surface area contributed by atoms with Crippen molar-refractivity contribution in [2.24, 2.45) is 0 Å². The highest BCUT2D eigenvalue weighted by Gasteiger charge is 2.26. The molecule has 1 atom stereocenters. The first-order valence-electron chi connectivity index (χ1n) is 10.6. The van der Waals surface area contributed by atoms with Gasteiger partial charge in [-0.1, -0.05) is 71.6 Å². The number of hydrogen-bond acceptors (Lipinski definition) is 8. The highest BCUT2D eigenvalue weighted by Crippen LogP contribution is 2.37. The molecule has 5 rings (SSSR count). The Morgan fingerprint density at radius 1 is 1.09 bits per heavy atom. The number of carbonyl (C=O) groups excluding carboxylic acids is 1. The average molecular weight is 489 g/mol. The Balaban J connectivity index is 1.43. The second kappa shape index (κ2) is 10.0. The van der Waals surface area contributed by atoms with Crippen molar-refractivity contribution < 1.29 is 9.53 Å². The van der Waals surface area contributed by atoms with E-state index < -0.39 is 5.25 Å². The Morgan fingerprint density at radius 3 is 2.62 bits per heavy atom. The van der Waals surface area contributed by atoms with Crippen LogP contribution in [0.2, 0.25) is 0 Å². The number of rotatable bonds is 8. The molecule has 0 saturated carbocycles. The number of hydrogen-bond donors (Lipinski definition) is 1. The van der Waals surface area contributed by atoms with Crippen molar-refractivity contribution in [1.29, 1.82) is 0 Å². The van der Waals surface area contributed by atoms with Crippen LogP contribution in [-0.2, 0) is 4.79 Å². The molecule has 3 aromatic carbocycles. The van der Waals surface area contributed by atoms with Crippen LogP contribution in [0.25, 0.3) is 15.9 Å². The lowest BCUT2D eigenvalue weighted by atomic mass is 10.1. The van der Waals surface area contributed by atoms with Gasteiger partial charge in [0, 0.05) is 0 Å². The second-order valence-corrected chi connectivity index (χ2v) is 9.29. The molecule has 8 nitrogen and oxygen atoms in total. The molecule has 0 aliphatic rings. The number of thioether (sulfide) groups is 1. The molecule has 0 aliphatic heterocycles. The van der Waals surface area contributed by atoms with Crippen molar-refractivity contribution in [2.45, 2.75) is 17.3 Å². The summed E-state index contributed by atoms with van der Waals surface area (Å²) < 4.78 is 8.14. The van der Waals surface area contributed by atoms with Gasteiger partial charge in [-0.15, -0.1) is 5.10 Å². The summed E-state index contributed by atoms with van der Waals surface area (Å²) in [6, 6.07) is 24.8. The van der Waals surface area contributed by atoms with Gasteiger partial charge in [0.15, 0.2) is 5.13 Å². The summed E-state index contributed by atoms with van der Waals surface area (Å²) >= 11 is 2.69. The fourth-order valence-corrected chi connectivity index (χ4v) is 5.27. The smallest absolute Gasteiger partial charge is 0.244 e. The third kappa shape index (κ3) is 4.78. The van der Waals surface area contributed by atoms with Crippen LogP contribution in [-0.4, -0.2) is 37.7 Å². The topological polar surface area (TPSA) is 94.8 Å². The number of amides is 1. The van der Waals surface area contributed by atoms with Crippen molar-refractivity contribution in [3.05, 3.63) is 84.4 Å². The van der Waals surface area contributed by atoms with Crippen molar-refractivity contribution in [2.75, 3.05) is 11.9 Å². The fraction of sp³-hybridized carbons (Fsp3) is 0.125. The predicted octanol–water partition coefficient (Wildman–Crippen LogP) is 5.14. The summed E-state index contributed by atoms with van der Waals surface area (Å²) in [5.74, 6) is 0.574. The largest absolute Gasteiger partial charge is 0.494 e. The van der Waals surface area contributed by atoms with Crippen LogP contribution in [0.15, 0.2) is 84.0 Å². The maximum atomic E-state index is 13.5. The summed E-state index contributed by atoms with van der Waals surface area (Å²) in [6.45, 7) is 2.53. The summed E-state index contributed by atoms with van der Waals surface area (Å²) in [5.41, 5.74) is 2.46. The highest BCUT2D eigenvalue weighted by atomic mass is 32.2. The number of carbonyl (C=O) groups is 1. The van der Waals surface area contributed by atoms with Gasteiger partial charge in [-0.25, -0.2) is 4.98 Å². The van der Waals surface area contributed by atoms with Gasteiger partial charge in [0.1, 0.15) is 11.0 Å². The zero-order valence-electron chi connectivity index (χ0n) is 18.2. The van der Waals surface area contributed by atoms with Crippen LogP contribution in [0.4, 0.5) is 5.13 Å². The second-order valence-electron chi connectivity index (χ2n) is 7.19. The van der Waals surface area contributed by atoms with Gasteiger partial charge in [0.2, 0.25) is 11.1 Å². The lowest BCUT2D eigenvalue weighted by molar-refractivity contribution is -0.115. The molecule has 0 radical (unpaired) electrons. The molecule has 0 aliphatic carbocycles. The number of ether oxygens (including phenoxy) is 1. The molecule has 0 spiro atoms. The normalized spacial score (nSPS) is 11.9. The number of nitrogens with one attached hydrogen (secondary N) is 1. The van der Waals surface area contributed by atoms with E-state index >= 15 is 0 Å². The molecule has 0 bridgehead atoms. The molecule has 170 valence electrons. The Kier molecular flexibility index (Phi) is 6.50. The lowest BCUT2D eigenvalue weighted by Gasteiger charge is -2.15. The summed E-state index contributed by atoms with van der Waals surface area (Å²) in [6.07, 6.45) is 0. The van der Waals surface area contributed by atoms with E-state index in [4.69, 9.17) is 4.74 Å². The van der Waals surface area contributed by atoms with E-state index in [2.05, 4.69) is 25.8 Å². The van der Waals surface area contributed by atoms with Crippen LogP contribution >= 0.6 is 23.1 Å². The minimum absolute atomic E-state index is 0.206. The van der Waals surface area contributed by atoms with E-state index in [1.807, 2.05) is 85.8 Å². The number of para-hydroxylation sites is 1. The average Bonchev–Trinajstić information content (AvgIpc) is 3.50. The summed E-state index contributed by atoms with van der Waals surface area (Å²) in [5, 5.41) is 15.5. The predicted molar refractivity (Wildman–Crippen MR) is 134 cm³/mol. The van der Waals surface area contributed by atoms with E-state index in [9.17, 15) is 4.79 Å². The van der Waals surface area contributed by atoms with Gasteiger partial charge in [-0.2, -0.15) is 4.68 Å². The Bertz CT molecular complexity index is 1410.